The molecular weight excluding hydrogens is 243 g/mol. The van der Waals surface area contributed by atoms with E-state index in [1.165, 1.54) is 12.1 Å². The summed E-state index contributed by atoms with van der Waals surface area (Å²) in [4.78, 5) is 0. The van der Waals surface area contributed by atoms with Gasteiger partial charge in [-0.2, -0.15) is 0 Å². The maximum Gasteiger partial charge on any atom is 0.126 e. The third-order valence-electron chi connectivity index (χ3n) is 2.34. The molecule has 0 saturated heterocycles. The number of halogens is 2. The highest BCUT2D eigenvalue weighted by Crippen LogP contribution is 2.16. The van der Waals surface area contributed by atoms with Crippen LogP contribution in [0.1, 0.15) is 19.4 Å². The average Bonchev–Trinajstić information content (AvgIpc) is 2.28. The topological polar surface area (TPSA) is 47.3 Å². The summed E-state index contributed by atoms with van der Waals surface area (Å²) in [6.45, 7) is 4.31. The molecular formula is C12H18ClFN2O. The molecule has 0 aliphatic heterocycles. The largest absolute Gasteiger partial charge is 0.377 e. The van der Waals surface area contributed by atoms with Crippen LogP contribution in [0.15, 0.2) is 18.2 Å². The smallest absolute Gasteiger partial charge is 0.126 e. The second-order valence-corrected chi connectivity index (χ2v) is 4.62. The number of nitrogens with one attached hydrogen (secondary N) is 1. The van der Waals surface area contributed by atoms with Crippen molar-refractivity contribution < 1.29 is 9.13 Å². The van der Waals surface area contributed by atoms with Gasteiger partial charge >= 0.3 is 0 Å². The highest BCUT2D eigenvalue weighted by Gasteiger charge is 2.12. The van der Waals surface area contributed by atoms with Crippen molar-refractivity contribution in [3.8, 4) is 0 Å². The van der Waals surface area contributed by atoms with Gasteiger partial charge < -0.3 is 4.74 Å². The lowest BCUT2D eigenvalue weighted by Gasteiger charge is -2.18. The van der Waals surface area contributed by atoms with Gasteiger partial charge in [-0.05, 0) is 44.0 Å². The summed E-state index contributed by atoms with van der Waals surface area (Å²) in [5.74, 6) is 5.13. The summed E-state index contributed by atoms with van der Waals surface area (Å²) in [6, 6.07) is 4.35. The van der Waals surface area contributed by atoms with Crippen LogP contribution < -0.4 is 11.3 Å². The van der Waals surface area contributed by atoms with E-state index in [9.17, 15) is 4.39 Å². The van der Waals surface area contributed by atoms with E-state index in [1.807, 2.05) is 13.8 Å². The Kier molecular flexibility index (Phi) is 5.85. The molecule has 0 amide bonds. The Bertz CT molecular complexity index is 360. The van der Waals surface area contributed by atoms with Crippen molar-refractivity contribution in [2.75, 3.05) is 6.61 Å². The molecule has 1 atom stereocenters. The second kappa shape index (κ2) is 6.91. The standard InChI is InChI=1S/C12H18ClFN2O/c1-8(2)17-7-11(16-15)6-9-5-10(13)3-4-12(9)14/h3-5,8,11,16H,6-7,15H2,1-2H3. The summed E-state index contributed by atoms with van der Waals surface area (Å²) in [5.41, 5.74) is 3.15. The first-order valence-corrected chi connectivity index (χ1v) is 5.92. The number of benzene rings is 1. The Labute approximate surface area is 106 Å². The predicted octanol–water partition coefficient (Wildman–Crippen LogP) is 2.28. The molecule has 0 fully saturated rings. The number of hydrogen-bond donors (Lipinski definition) is 2. The zero-order chi connectivity index (χ0) is 12.8. The zero-order valence-electron chi connectivity index (χ0n) is 10.0. The van der Waals surface area contributed by atoms with Crippen LogP contribution in [-0.2, 0) is 11.2 Å². The molecule has 0 aliphatic rings. The molecule has 0 aliphatic carbocycles. The van der Waals surface area contributed by atoms with E-state index < -0.39 is 0 Å². The lowest BCUT2D eigenvalue weighted by atomic mass is 10.1. The van der Waals surface area contributed by atoms with Gasteiger partial charge in [0, 0.05) is 11.1 Å². The molecule has 0 heterocycles. The van der Waals surface area contributed by atoms with Gasteiger partial charge in [-0.1, -0.05) is 11.6 Å². The van der Waals surface area contributed by atoms with Crippen LogP contribution in [-0.4, -0.2) is 18.8 Å². The SMILES string of the molecule is CC(C)OCC(Cc1cc(Cl)ccc1F)NN. The van der Waals surface area contributed by atoms with E-state index in [0.717, 1.165) is 0 Å². The highest BCUT2D eigenvalue weighted by molar-refractivity contribution is 6.30. The van der Waals surface area contributed by atoms with E-state index in [1.54, 1.807) is 6.07 Å². The lowest BCUT2D eigenvalue weighted by molar-refractivity contribution is 0.0611. The quantitative estimate of drug-likeness (QED) is 0.609. The fraction of sp³-hybridized carbons (Fsp3) is 0.500. The van der Waals surface area contributed by atoms with E-state index >= 15 is 0 Å². The van der Waals surface area contributed by atoms with Gasteiger partial charge in [0.1, 0.15) is 5.82 Å². The maximum atomic E-state index is 13.5. The molecule has 0 bridgehead atoms. The molecule has 3 N–H and O–H groups in total. The van der Waals surface area contributed by atoms with Crippen molar-refractivity contribution in [1.29, 1.82) is 0 Å². The minimum Gasteiger partial charge on any atom is -0.377 e. The Hall–Kier alpha value is -0.680. The number of nitrogens with two attached hydrogens (primary N) is 1. The summed E-state index contributed by atoms with van der Waals surface area (Å²) >= 11 is 5.82. The first-order valence-electron chi connectivity index (χ1n) is 5.54. The Balaban J connectivity index is 2.63. The molecule has 0 saturated carbocycles. The minimum atomic E-state index is -0.279. The van der Waals surface area contributed by atoms with Crippen LogP contribution in [0.3, 0.4) is 0 Å². The molecule has 0 radical (unpaired) electrons. The van der Waals surface area contributed by atoms with Crippen LogP contribution in [0.2, 0.25) is 5.02 Å². The van der Waals surface area contributed by atoms with Crippen LogP contribution in [0.5, 0.6) is 0 Å². The zero-order valence-corrected chi connectivity index (χ0v) is 10.8. The minimum absolute atomic E-state index is 0.120. The predicted molar refractivity (Wildman–Crippen MR) is 67.3 cm³/mol. The fourth-order valence-electron chi connectivity index (χ4n) is 1.44. The summed E-state index contributed by atoms with van der Waals surface area (Å²) in [7, 11) is 0. The molecule has 96 valence electrons. The molecule has 0 aromatic heterocycles. The Morgan fingerprint density at radius 3 is 2.76 bits per heavy atom. The van der Waals surface area contributed by atoms with E-state index in [2.05, 4.69) is 5.43 Å². The van der Waals surface area contributed by atoms with Gasteiger partial charge in [-0.15, -0.1) is 0 Å². The van der Waals surface area contributed by atoms with E-state index in [0.29, 0.717) is 23.6 Å². The Morgan fingerprint density at radius 1 is 1.47 bits per heavy atom. The average molecular weight is 261 g/mol. The molecule has 0 spiro atoms. The molecule has 17 heavy (non-hydrogen) atoms. The maximum absolute atomic E-state index is 13.5. The summed E-state index contributed by atoms with van der Waals surface area (Å²) in [5, 5.41) is 0.516. The molecule has 1 rings (SSSR count). The van der Waals surface area contributed by atoms with Gasteiger partial charge in [0.2, 0.25) is 0 Å². The van der Waals surface area contributed by atoms with Gasteiger partial charge in [0.25, 0.3) is 0 Å². The van der Waals surface area contributed by atoms with Gasteiger partial charge in [0.15, 0.2) is 0 Å². The summed E-state index contributed by atoms with van der Waals surface area (Å²) in [6.07, 6.45) is 0.561. The Morgan fingerprint density at radius 2 is 2.18 bits per heavy atom. The molecule has 5 heteroatoms. The van der Waals surface area contributed by atoms with Gasteiger partial charge in [-0.25, -0.2) is 4.39 Å². The highest BCUT2D eigenvalue weighted by atomic mass is 35.5. The van der Waals surface area contributed by atoms with Crippen LogP contribution in [0.25, 0.3) is 0 Å². The van der Waals surface area contributed by atoms with Crippen molar-refractivity contribution in [2.24, 2.45) is 5.84 Å². The van der Waals surface area contributed by atoms with E-state index in [-0.39, 0.29) is 18.0 Å². The third kappa shape index (κ3) is 5.00. The lowest BCUT2D eigenvalue weighted by Crippen LogP contribution is -2.41. The van der Waals surface area contributed by atoms with Crippen molar-refractivity contribution in [2.45, 2.75) is 32.4 Å². The van der Waals surface area contributed by atoms with Crippen LogP contribution >= 0.6 is 11.6 Å². The van der Waals surface area contributed by atoms with Gasteiger partial charge in [-0.3, -0.25) is 11.3 Å². The first-order chi connectivity index (χ1) is 8.02. The number of hydrazine groups is 1. The monoisotopic (exact) mass is 260 g/mol. The van der Waals surface area contributed by atoms with Crippen LogP contribution in [0, 0.1) is 5.82 Å². The number of rotatable bonds is 6. The van der Waals surface area contributed by atoms with Crippen molar-refractivity contribution in [3.63, 3.8) is 0 Å². The van der Waals surface area contributed by atoms with Crippen molar-refractivity contribution in [3.05, 3.63) is 34.6 Å². The number of ether oxygens (including phenoxy) is 1. The molecule has 1 unspecified atom stereocenters. The van der Waals surface area contributed by atoms with Crippen molar-refractivity contribution >= 4 is 11.6 Å². The number of hydrogen-bond acceptors (Lipinski definition) is 3. The fourth-order valence-corrected chi connectivity index (χ4v) is 1.63. The molecule has 1 aromatic carbocycles. The van der Waals surface area contributed by atoms with Crippen LogP contribution in [0.4, 0.5) is 4.39 Å². The normalized spacial score (nSPS) is 13.1. The summed E-state index contributed by atoms with van der Waals surface area (Å²) < 4.78 is 18.9. The third-order valence-corrected chi connectivity index (χ3v) is 2.58. The van der Waals surface area contributed by atoms with Gasteiger partial charge in [0.05, 0.1) is 12.7 Å². The molecule has 1 aromatic rings. The first kappa shape index (κ1) is 14.4. The van der Waals surface area contributed by atoms with Crippen molar-refractivity contribution in [1.82, 2.24) is 5.43 Å². The van der Waals surface area contributed by atoms with E-state index in [4.69, 9.17) is 22.2 Å². The molecule has 3 nitrogen and oxygen atoms in total. The second-order valence-electron chi connectivity index (χ2n) is 4.19.